The van der Waals surface area contributed by atoms with Crippen LogP contribution < -0.4 is 5.32 Å². The van der Waals surface area contributed by atoms with E-state index in [9.17, 15) is 8.78 Å². The summed E-state index contributed by atoms with van der Waals surface area (Å²) < 4.78 is 26.4. The molecule has 1 aromatic rings. The molecule has 1 aromatic carbocycles. The minimum absolute atomic E-state index is 0.116. The first kappa shape index (κ1) is 12.1. The third-order valence-electron chi connectivity index (χ3n) is 2.66. The summed E-state index contributed by atoms with van der Waals surface area (Å²) in [6.07, 6.45) is 0. The van der Waals surface area contributed by atoms with Crippen LogP contribution in [0, 0.1) is 17.6 Å². The number of hydrogen-bond donors (Lipinski definition) is 1. The van der Waals surface area contributed by atoms with Crippen molar-refractivity contribution in [3.8, 4) is 0 Å². The van der Waals surface area contributed by atoms with Gasteiger partial charge in [0.15, 0.2) is 0 Å². The quantitative estimate of drug-likeness (QED) is 0.810. The van der Waals surface area contributed by atoms with Gasteiger partial charge < -0.3 is 5.32 Å². The highest BCUT2D eigenvalue weighted by molar-refractivity contribution is 5.19. The standard InChI is InChI=1S/C12H17F2N/c1-8(2)9(3)15-7-10-11(13)5-4-6-12(10)14/h4-6,8-9,15H,7H2,1-3H3. The van der Waals surface area contributed by atoms with Gasteiger partial charge in [0.1, 0.15) is 11.6 Å². The third kappa shape index (κ3) is 3.27. The van der Waals surface area contributed by atoms with Crippen LogP contribution in [0.5, 0.6) is 0 Å². The minimum Gasteiger partial charge on any atom is -0.310 e. The van der Waals surface area contributed by atoms with Crippen molar-refractivity contribution in [3.63, 3.8) is 0 Å². The van der Waals surface area contributed by atoms with Crippen molar-refractivity contribution in [2.75, 3.05) is 0 Å². The van der Waals surface area contributed by atoms with E-state index in [1.54, 1.807) is 0 Å². The van der Waals surface area contributed by atoms with E-state index in [1.807, 2.05) is 6.92 Å². The Kier molecular flexibility index (Phi) is 4.21. The van der Waals surface area contributed by atoms with E-state index in [0.29, 0.717) is 5.92 Å². The largest absolute Gasteiger partial charge is 0.310 e. The van der Waals surface area contributed by atoms with Crippen LogP contribution in [0.1, 0.15) is 26.3 Å². The Morgan fingerprint density at radius 3 is 2.13 bits per heavy atom. The summed E-state index contributed by atoms with van der Waals surface area (Å²) >= 11 is 0. The van der Waals surface area contributed by atoms with Crippen molar-refractivity contribution >= 4 is 0 Å². The maximum Gasteiger partial charge on any atom is 0.130 e. The number of halogens is 2. The van der Waals surface area contributed by atoms with Crippen molar-refractivity contribution in [1.82, 2.24) is 5.32 Å². The predicted molar refractivity (Wildman–Crippen MR) is 57.5 cm³/mol. The average molecular weight is 213 g/mol. The molecule has 0 spiro atoms. The van der Waals surface area contributed by atoms with Crippen molar-refractivity contribution in [3.05, 3.63) is 35.4 Å². The van der Waals surface area contributed by atoms with Crippen LogP contribution in [0.2, 0.25) is 0 Å². The molecule has 1 unspecified atom stereocenters. The second kappa shape index (κ2) is 5.21. The van der Waals surface area contributed by atoms with E-state index >= 15 is 0 Å². The van der Waals surface area contributed by atoms with Crippen LogP contribution in [0.15, 0.2) is 18.2 Å². The zero-order valence-corrected chi connectivity index (χ0v) is 9.35. The summed E-state index contributed by atoms with van der Waals surface area (Å²) in [4.78, 5) is 0. The summed E-state index contributed by atoms with van der Waals surface area (Å²) in [7, 11) is 0. The molecular weight excluding hydrogens is 196 g/mol. The molecule has 0 aliphatic carbocycles. The molecule has 0 radical (unpaired) electrons. The molecule has 1 atom stereocenters. The van der Waals surface area contributed by atoms with E-state index in [2.05, 4.69) is 19.2 Å². The molecule has 0 aromatic heterocycles. The van der Waals surface area contributed by atoms with Gasteiger partial charge in [0.05, 0.1) is 0 Å². The first-order valence-corrected chi connectivity index (χ1v) is 5.18. The van der Waals surface area contributed by atoms with Gasteiger partial charge in [-0.2, -0.15) is 0 Å². The molecule has 0 amide bonds. The van der Waals surface area contributed by atoms with Gasteiger partial charge in [-0.25, -0.2) is 8.78 Å². The second-order valence-electron chi connectivity index (χ2n) is 4.11. The summed E-state index contributed by atoms with van der Waals surface area (Å²) in [6, 6.07) is 4.17. The molecule has 0 saturated heterocycles. The maximum atomic E-state index is 13.2. The van der Waals surface area contributed by atoms with Gasteiger partial charge in [-0.1, -0.05) is 19.9 Å². The van der Waals surface area contributed by atoms with Crippen LogP contribution >= 0.6 is 0 Å². The lowest BCUT2D eigenvalue weighted by atomic mass is 10.1. The molecule has 15 heavy (non-hydrogen) atoms. The Hall–Kier alpha value is -0.960. The van der Waals surface area contributed by atoms with Gasteiger partial charge >= 0.3 is 0 Å². The van der Waals surface area contributed by atoms with Gasteiger partial charge in [-0.15, -0.1) is 0 Å². The summed E-state index contributed by atoms with van der Waals surface area (Å²) in [5, 5.41) is 3.10. The van der Waals surface area contributed by atoms with Crippen LogP contribution in [0.3, 0.4) is 0 Å². The fourth-order valence-corrected chi connectivity index (χ4v) is 1.20. The molecular formula is C12H17F2N. The lowest BCUT2D eigenvalue weighted by Gasteiger charge is -2.17. The molecule has 0 fully saturated rings. The fraction of sp³-hybridized carbons (Fsp3) is 0.500. The minimum atomic E-state index is -0.488. The highest BCUT2D eigenvalue weighted by Crippen LogP contribution is 2.12. The van der Waals surface area contributed by atoms with E-state index < -0.39 is 11.6 Å². The summed E-state index contributed by atoms with van der Waals surface area (Å²) in [6.45, 7) is 6.37. The van der Waals surface area contributed by atoms with Crippen molar-refractivity contribution in [1.29, 1.82) is 0 Å². The number of benzene rings is 1. The number of hydrogen-bond acceptors (Lipinski definition) is 1. The van der Waals surface area contributed by atoms with E-state index in [1.165, 1.54) is 18.2 Å². The molecule has 0 aliphatic heterocycles. The van der Waals surface area contributed by atoms with Crippen molar-refractivity contribution in [2.24, 2.45) is 5.92 Å². The molecule has 1 nitrogen and oxygen atoms in total. The SMILES string of the molecule is CC(C)C(C)NCc1c(F)cccc1F. The van der Waals surface area contributed by atoms with Gasteiger partial charge in [0.25, 0.3) is 0 Å². The Morgan fingerprint density at radius 2 is 1.67 bits per heavy atom. The molecule has 0 saturated carbocycles. The second-order valence-corrected chi connectivity index (χ2v) is 4.11. The van der Waals surface area contributed by atoms with Crippen molar-refractivity contribution in [2.45, 2.75) is 33.4 Å². The molecule has 1 rings (SSSR count). The molecule has 1 N–H and O–H groups in total. The monoisotopic (exact) mass is 213 g/mol. The van der Waals surface area contributed by atoms with Gasteiger partial charge in [-0.05, 0) is 25.0 Å². The first-order valence-electron chi connectivity index (χ1n) is 5.18. The Morgan fingerprint density at radius 1 is 1.13 bits per heavy atom. The average Bonchev–Trinajstić information content (AvgIpc) is 2.16. The molecule has 84 valence electrons. The van der Waals surface area contributed by atoms with Crippen LogP contribution in [0.4, 0.5) is 8.78 Å². The normalized spacial score (nSPS) is 13.2. The van der Waals surface area contributed by atoms with Crippen molar-refractivity contribution < 1.29 is 8.78 Å². The fourth-order valence-electron chi connectivity index (χ4n) is 1.20. The topological polar surface area (TPSA) is 12.0 Å². The predicted octanol–water partition coefficient (Wildman–Crippen LogP) is 3.10. The lowest BCUT2D eigenvalue weighted by Crippen LogP contribution is -2.30. The van der Waals surface area contributed by atoms with Crippen LogP contribution in [-0.4, -0.2) is 6.04 Å². The Bertz CT molecular complexity index is 303. The Labute approximate surface area is 89.5 Å². The number of nitrogens with one attached hydrogen (secondary N) is 1. The van der Waals surface area contributed by atoms with Crippen LogP contribution in [-0.2, 0) is 6.54 Å². The highest BCUT2D eigenvalue weighted by Gasteiger charge is 2.11. The summed E-state index contributed by atoms with van der Waals surface area (Å²) in [5.41, 5.74) is 0.116. The lowest BCUT2D eigenvalue weighted by molar-refractivity contribution is 0.415. The van der Waals surface area contributed by atoms with E-state index in [4.69, 9.17) is 0 Å². The van der Waals surface area contributed by atoms with Gasteiger partial charge in [0.2, 0.25) is 0 Å². The Balaban J connectivity index is 2.65. The zero-order valence-electron chi connectivity index (χ0n) is 9.35. The molecule has 0 heterocycles. The van der Waals surface area contributed by atoms with E-state index in [-0.39, 0.29) is 18.2 Å². The molecule has 0 bridgehead atoms. The third-order valence-corrected chi connectivity index (χ3v) is 2.66. The molecule has 3 heteroatoms. The number of rotatable bonds is 4. The van der Waals surface area contributed by atoms with E-state index in [0.717, 1.165) is 0 Å². The molecule has 0 aliphatic rings. The summed E-state index contributed by atoms with van der Waals surface area (Å²) in [5.74, 6) is -0.531. The van der Waals surface area contributed by atoms with Gasteiger partial charge in [0, 0.05) is 18.2 Å². The van der Waals surface area contributed by atoms with Crippen LogP contribution in [0.25, 0.3) is 0 Å². The van der Waals surface area contributed by atoms with Gasteiger partial charge in [-0.3, -0.25) is 0 Å². The smallest absolute Gasteiger partial charge is 0.130 e. The maximum absolute atomic E-state index is 13.2. The first-order chi connectivity index (χ1) is 7.02. The zero-order chi connectivity index (χ0) is 11.4. The highest BCUT2D eigenvalue weighted by atomic mass is 19.1.